The maximum absolute atomic E-state index is 13.3. The lowest BCUT2D eigenvalue weighted by molar-refractivity contribution is -0.136. The summed E-state index contributed by atoms with van der Waals surface area (Å²) in [7, 11) is 0. The Balaban J connectivity index is 1.74. The smallest absolute Gasteiger partial charge is 0.224 e. The summed E-state index contributed by atoms with van der Waals surface area (Å²) in [5, 5.41) is 3.04. The lowest BCUT2D eigenvalue weighted by Crippen LogP contribution is -2.44. The van der Waals surface area contributed by atoms with Gasteiger partial charge in [-0.15, -0.1) is 0 Å². The molecule has 1 aromatic heterocycles. The Hall–Kier alpha value is -2.11. The van der Waals surface area contributed by atoms with E-state index in [0.717, 1.165) is 24.3 Å². The van der Waals surface area contributed by atoms with Crippen LogP contribution in [0.2, 0.25) is 0 Å². The third-order valence-corrected chi connectivity index (χ3v) is 7.41. The second kappa shape index (κ2) is 10.3. The Morgan fingerprint density at radius 3 is 2.53 bits per heavy atom. The van der Waals surface area contributed by atoms with Gasteiger partial charge in [-0.25, -0.2) is 4.98 Å². The molecule has 0 bridgehead atoms. The average Bonchev–Trinajstić information content (AvgIpc) is 2.72. The number of nitrogens with one attached hydrogen (secondary N) is 1. The van der Waals surface area contributed by atoms with Crippen LogP contribution in [-0.4, -0.2) is 16.8 Å². The molecule has 0 radical (unpaired) electrons. The number of amides is 2. The number of carbonyl (C=O) groups is 2. The first-order valence-electron chi connectivity index (χ1n) is 11.6. The van der Waals surface area contributed by atoms with Crippen LogP contribution in [0, 0.1) is 35.5 Å². The second-order valence-corrected chi connectivity index (χ2v) is 9.72. The first-order valence-corrected chi connectivity index (χ1v) is 11.6. The van der Waals surface area contributed by atoms with Gasteiger partial charge in [-0.05, 0) is 48.1 Å². The van der Waals surface area contributed by atoms with Crippen molar-refractivity contribution in [3.63, 3.8) is 0 Å². The van der Waals surface area contributed by atoms with Crippen LogP contribution in [-0.2, 0) is 16.1 Å². The first kappa shape index (κ1) is 22.6. The van der Waals surface area contributed by atoms with Gasteiger partial charge in [0.15, 0.2) is 0 Å². The maximum atomic E-state index is 13.3. The van der Waals surface area contributed by atoms with E-state index in [9.17, 15) is 9.59 Å². The molecule has 0 saturated heterocycles. The number of nitrogens with two attached hydrogens (primary N) is 2. The summed E-state index contributed by atoms with van der Waals surface area (Å²) in [6, 6.07) is 3.59. The summed E-state index contributed by atoms with van der Waals surface area (Å²) in [4.78, 5) is 29.7. The minimum absolute atomic E-state index is 0.0298. The molecule has 6 heteroatoms. The fourth-order valence-electron chi connectivity index (χ4n) is 5.96. The number of nitrogens with zero attached hydrogens (tertiary/aromatic N) is 1. The molecule has 4 unspecified atom stereocenters. The summed E-state index contributed by atoms with van der Waals surface area (Å²) in [5.41, 5.74) is 12.3. The highest BCUT2D eigenvalue weighted by molar-refractivity contribution is 5.87. The van der Waals surface area contributed by atoms with Crippen LogP contribution in [0.5, 0.6) is 0 Å². The van der Waals surface area contributed by atoms with Crippen LogP contribution in [0.4, 0.5) is 5.82 Å². The molecule has 166 valence electrons. The highest BCUT2D eigenvalue weighted by atomic mass is 16.2. The number of primary amides is 1. The third kappa shape index (κ3) is 5.52. The van der Waals surface area contributed by atoms with E-state index in [2.05, 4.69) is 10.3 Å². The molecule has 1 heterocycles. The number of fused-ring (bicyclic) bond motifs is 1. The summed E-state index contributed by atoms with van der Waals surface area (Å²) in [5.74, 6) is 1.24. The van der Waals surface area contributed by atoms with Crippen molar-refractivity contribution < 1.29 is 9.59 Å². The summed E-state index contributed by atoms with van der Waals surface area (Å²) >= 11 is 0. The molecular formula is C24H38N4O2. The van der Waals surface area contributed by atoms with E-state index in [1.165, 1.54) is 38.5 Å². The standard InChI is InChI=1S/C24H38N4O2/c1-15(2)22(23(26)29)20(24(30)28-14-16-10-11-21(25)27-13-16)12-18-8-5-7-17-6-3-4-9-19(17)18/h10-11,13,15,17-20,22H,3-9,12,14H2,1-2H3,(H2,25,27)(H2,26,29)(H,28,30)/t17?,18?,19?,20-,22?/m0/s1. The van der Waals surface area contributed by atoms with E-state index < -0.39 is 5.92 Å². The van der Waals surface area contributed by atoms with E-state index in [0.29, 0.717) is 24.2 Å². The summed E-state index contributed by atoms with van der Waals surface area (Å²) in [6.07, 6.45) is 11.4. The molecule has 2 saturated carbocycles. The molecule has 2 aliphatic carbocycles. The van der Waals surface area contributed by atoms with Gasteiger partial charge in [0.05, 0.1) is 11.8 Å². The number of anilines is 1. The highest BCUT2D eigenvalue weighted by Crippen LogP contribution is 2.47. The zero-order valence-electron chi connectivity index (χ0n) is 18.5. The predicted octanol–water partition coefficient (Wildman–Crippen LogP) is 3.65. The minimum atomic E-state index is -0.446. The maximum Gasteiger partial charge on any atom is 0.224 e. The molecule has 5 N–H and O–H groups in total. The van der Waals surface area contributed by atoms with Gasteiger partial charge in [0, 0.05) is 12.7 Å². The van der Waals surface area contributed by atoms with Gasteiger partial charge in [-0.2, -0.15) is 0 Å². The lowest BCUT2D eigenvalue weighted by atomic mass is 9.62. The van der Waals surface area contributed by atoms with Gasteiger partial charge >= 0.3 is 0 Å². The largest absolute Gasteiger partial charge is 0.384 e. The number of rotatable bonds is 8. The number of nitrogen functional groups attached to an aromatic ring is 1. The number of carbonyl (C=O) groups excluding carboxylic acids is 2. The normalized spacial score (nSPS) is 25.9. The quantitative estimate of drug-likeness (QED) is 0.603. The fraction of sp³-hybridized carbons (Fsp3) is 0.708. The SMILES string of the molecule is CC(C)C(C(N)=O)[C@H](CC1CCCC2CCCCC21)C(=O)NCc1ccc(N)nc1. The van der Waals surface area contributed by atoms with Gasteiger partial charge < -0.3 is 16.8 Å². The molecule has 30 heavy (non-hydrogen) atoms. The Labute approximate surface area is 180 Å². The van der Waals surface area contributed by atoms with E-state index in [4.69, 9.17) is 11.5 Å². The molecule has 2 amide bonds. The van der Waals surface area contributed by atoms with Crippen LogP contribution < -0.4 is 16.8 Å². The number of pyridine rings is 1. The topological polar surface area (TPSA) is 111 Å². The molecule has 0 aliphatic heterocycles. The average molecular weight is 415 g/mol. The van der Waals surface area contributed by atoms with Crippen LogP contribution in [0.3, 0.4) is 0 Å². The Morgan fingerprint density at radius 2 is 1.87 bits per heavy atom. The molecule has 2 aliphatic rings. The Morgan fingerprint density at radius 1 is 1.13 bits per heavy atom. The Bertz CT molecular complexity index is 716. The minimum Gasteiger partial charge on any atom is -0.384 e. The van der Waals surface area contributed by atoms with Gasteiger partial charge in [0.2, 0.25) is 11.8 Å². The van der Waals surface area contributed by atoms with Crippen LogP contribution in [0.1, 0.15) is 70.8 Å². The van der Waals surface area contributed by atoms with Crippen molar-refractivity contribution in [2.45, 2.75) is 71.8 Å². The molecule has 0 aromatic carbocycles. The summed E-state index contributed by atoms with van der Waals surface area (Å²) < 4.78 is 0. The van der Waals surface area contributed by atoms with E-state index in [1.807, 2.05) is 19.9 Å². The summed E-state index contributed by atoms with van der Waals surface area (Å²) in [6.45, 7) is 4.36. The van der Waals surface area contributed by atoms with Gasteiger partial charge in [-0.1, -0.05) is 58.4 Å². The van der Waals surface area contributed by atoms with Gasteiger partial charge in [0.1, 0.15) is 5.82 Å². The molecule has 0 spiro atoms. The van der Waals surface area contributed by atoms with Crippen molar-refractivity contribution in [3.8, 4) is 0 Å². The monoisotopic (exact) mass is 414 g/mol. The molecule has 6 nitrogen and oxygen atoms in total. The van der Waals surface area contributed by atoms with E-state index in [1.54, 1.807) is 12.3 Å². The Kier molecular flexibility index (Phi) is 7.73. The molecule has 2 fully saturated rings. The zero-order valence-corrected chi connectivity index (χ0v) is 18.5. The van der Waals surface area contributed by atoms with Crippen molar-refractivity contribution in [2.75, 3.05) is 5.73 Å². The van der Waals surface area contributed by atoms with Crippen LogP contribution in [0.15, 0.2) is 18.3 Å². The number of aromatic nitrogens is 1. The third-order valence-electron chi connectivity index (χ3n) is 7.41. The van der Waals surface area contributed by atoms with E-state index in [-0.39, 0.29) is 23.7 Å². The van der Waals surface area contributed by atoms with Crippen molar-refractivity contribution >= 4 is 17.6 Å². The van der Waals surface area contributed by atoms with Gasteiger partial charge in [0.25, 0.3) is 0 Å². The van der Waals surface area contributed by atoms with Crippen molar-refractivity contribution in [2.24, 2.45) is 41.2 Å². The number of hydrogen-bond donors (Lipinski definition) is 3. The van der Waals surface area contributed by atoms with Gasteiger partial charge in [-0.3, -0.25) is 9.59 Å². The molecule has 3 rings (SSSR count). The highest BCUT2D eigenvalue weighted by Gasteiger charge is 2.41. The van der Waals surface area contributed by atoms with Crippen LogP contribution >= 0.6 is 0 Å². The second-order valence-electron chi connectivity index (χ2n) is 9.72. The molecule has 1 aromatic rings. The fourth-order valence-corrected chi connectivity index (χ4v) is 5.96. The first-order chi connectivity index (χ1) is 14.4. The lowest BCUT2D eigenvalue weighted by Gasteiger charge is -2.43. The predicted molar refractivity (Wildman–Crippen MR) is 119 cm³/mol. The van der Waals surface area contributed by atoms with Crippen molar-refractivity contribution in [1.29, 1.82) is 0 Å². The van der Waals surface area contributed by atoms with Crippen LogP contribution in [0.25, 0.3) is 0 Å². The zero-order chi connectivity index (χ0) is 21.7. The molecule has 5 atom stereocenters. The van der Waals surface area contributed by atoms with Crippen molar-refractivity contribution in [1.82, 2.24) is 10.3 Å². The number of hydrogen-bond acceptors (Lipinski definition) is 4. The van der Waals surface area contributed by atoms with Crippen molar-refractivity contribution in [3.05, 3.63) is 23.9 Å². The van der Waals surface area contributed by atoms with E-state index >= 15 is 0 Å². The molecular weight excluding hydrogens is 376 g/mol.